The van der Waals surface area contributed by atoms with Crippen molar-refractivity contribution < 1.29 is 4.79 Å². The van der Waals surface area contributed by atoms with Gasteiger partial charge in [-0.2, -0.15) is 0 Å². The van der Waals surface area contributed by atoms with E-state index in [9.17, 15) is 4.79 Å². The van der Waals surface area contributed by atoms with Gasteiger partial charge in [0.15, 0.2) is 0 Å². The van der Waals surface area contributed by atoms with Gasteiger partial charge in [-0.05, 0) is 50.7 Å². The van der Waals surface area contributed by atoms with Crippen LogP contribution in [0.2, 0.25) is 0 Å². The summed E-state index contributed by atoms with van der Waals surface area (Å²) in [6.45, 7) is 0. The lowest BCUT2D eigenvalue weighted by Gasteiger charge is -2.37. The zero-order valence-corrected chi connectivity index (χ0v) is 15.4. The van der Waals surface area contributed by atoms with E-state index in [1.54, 1.807) is 0 Å². The Morgan fingerprint density at radius 2 is 1.81 bits per heavy atom. The molecule has 0 spiro atoms. The summed E-state index contributed by atoms with van der Waals surface area (Å²) in [6, 6.07) is 10.7. The largest absolute Gasteiger partial charge is 0.340 e. The van der Waals surface area contributed by atoms with Gasteiger partial charge in [0.05, 0.1) is 11.7 Å². The number of fused-ring (bicyclic) bond motifs is 4. The normalized spacial score (nSPS) is 26.0. The van der Waals surface area contributed by atoms with Crippen molar-refractivity contribution in [1.82, 2.24) is 14.9 Å². The number of amides is 1. The van der Waals surface area contributed by atoms with E-state index in [0.717, 1.165) is 49.4 Å². The lowest BCUT2D eigenvalue weighted by Crippen LogP contribution is -2.43. The number of nitrogens with zero attached hydrogens (tertiary/aromatic N) is 3. The molecular formula is C22H24N4O. The van der Waals surface area contributed by atoms with Gasteiger partial charge >= 0.3 is 0 Å². The van der Waals surface area contributed by atoms with Gasteiger partial charge in [-0.1, -0.05) is 18.2 Å². The SMILES string of the molecule is O=C(C1CC1)N1[C@H]2CC[C@@H]1c1c(nc(C3CC3)nc1Nc1ccccc1)C2. The quantitative estimate of drug-likeness (QED) is 0.892. The number of aromatic nitrogens is 2. The van der Waals surface area contributed by atoms with E-state index in [1.165, 1.54) is 24.1 Å². The number of carbonyl (C=O) groups is 1. The molecule has 0 unspecified atom stereocenters. The van der Waals surface area contributed by atoms with Crippen molar-refractivity contribution in [2.45, 2.75) is 62.9 Å². The number of benzene rings is 1. The summed E-state index contributed by atoms with van der Waals surface area (Å²) in [5.74, 6) is 3.08. The van der Waals surface area contributed by atoms with Crippen LogP contribution in [0.4, 0.5) is 11.5 Å². The molecule has 5 heteroatoms. The van der Waals surface area contributed by atoms with Gasteiger partial charge in [0.2, 0.25) is 5.91 Å². The van der Waals surface area contributed by atoms with Crippen LogP contribution in [0.25, 0.3) is 0 Å². The third-order valence-electron chi connectivity index (χ3n) is 6.47. The van der Waals surface area contributed by atoms with Gasteiger partial charge in [-0.3, -0.25) is 4.79 Å². The van der Waals surface area contributed by atoms with Gasteiger partial charge in [0.1, 0.15) is 11.6 Å². The lowest BCUT2D eigenvalue weighted by molar-refractivity contribution is -0.136. The molecule has 4 aliphatic rings. The fourth-order valence-corrected chi connectivity index (χ4v) is 4.78. The molecular weight excluding hydrogens is 336 g/mol. The molecule has 2 aliphatic carbocycles. The molecule has 2 atom stereocenters. The highest BCUT2D eigenvalue weighted by Gasteiger charge is 2.48. The Bertz CT molecular complexity index is 904. The number of nitrogens with one attached hydrogen (secondary N) is 1. The molecule has 27 heavy (non-hydrogen) atoms. The van der Waals surface area contributed by atoms with Crippen molar-refractivity contribution in [2.24, 2.45) is 5.92 Å². The molecule has 1 N–H and O–H groups in total. The third kappa shape index (κ3) is 2.63. The van der Waals surface area contributed by atoms with Gasteiger partial charge < -0.3 is 10.2 Å². The minimum atomic E-state index is 0.145. The van der Waals surface area contributed by atoms with E-state index in [0.29, 0.717) is 17.9 Å². The molecule has 1 aromatic carbocycles. The average molecular weight is 360 g/mol. The molecule has 1 aromatic heterocycles. The Morgan fingerprint density at radius 3 is 2.56 bits per heavy atom. The molecule has 5 nitrogen and oxygen atoms in total. The van der Waals surface area contributed by atoms with Crippen LogP contribution in [0.1, 0.15) is 67.6 Å². The Kier molecular flexibility index (Phi) is 3.34. The Morgan fingerprint density at radius 1 is 1.00 bits per heavy atom. The zero-order valence-electron chi connectivity index (χ0n) is 15.4. The van der Waals surface area contributed by atoms with Crippen LogP contribution >= 0.6 is 0 Å². The number of anilines is 2. The first-order chi connectivity index (χ1) is 13.3. The number of rotatable bonds is 4. The van der Waals surface area contributed by atoms with Crippen LogP contribution in [0.5, 0.6) is 0 Å². The maximum absolute atomic E-state index is 13.0. The first-order valence-corrected chi connectivity index (χ1v) is 10.3. The minimum Gasteiger partial charge on any atom is -0.340 e. The van der Waals surface area contributed by atoms with Crippen LogP contribution in [0, 0.1) is 5.92 Å². The molecule has 2 bridgehead atoms. The zero-order chi connectivity index (χ0) is 18.0. The molecule has 3 heterocycles. The maximum Gasteiger partial charge on any atom is 0.226 e. The monoisotopic (exact) mass is 360 g/mol. The second-order valence-corrected chi connectivity index (χ2v) is 8.53. The number of hydrogen-bond donors (Lipinski definition) is 1. The van der Waals surface area contributed by atoms with Crippen LogP contribution in [0.3, 0.4) is 0 Å². The van der Waals surface area contributed by atoms with Crippen molar-refractivity contribution in [1.29, 1.82) is 0 Å². The molecule has 3 fully saturated rings. The van der Waals surface area contributed by atoms with Gasteiger partial charge in [0, 0.05) is 35.5 Å². The predicted molar refractivity (Wildman–Crippen MR) is 103 cm³/mol. The summed E-state index contributed by atoms with van der Waals surface area (Å²) in [4.78, 5) is 25.1. The van der Waals surface area contributed by atoms with E-state index in [4.69, 9.17) is 9.97 Å². The fraction of sp³-hybridized carbons (Fsp3) is 0.500. The first-order valence-electron chi connectivity index (χ1n) is 10.3. The molecule has 1 saturated heterocycles. The van der Waals surface area contributed by atoms with E-state index in [2.05, 4.69) is 22.3 Å². The number of para-hydroxylation sites is 1. The summed E-state index contributed by atoms with van der Waals surface area (Å²) in [5.41, 5.74) is 3.39. The van der Waals surface area contributed by atoms with Crippen molar-refractivity contribution in [2.75, 3.05) is 5.32 Å². The van der Waals surface area contributed by atoms with E-state index in [-0.39, 0.29) is 12.0 Å². The van der Waals surface area contributed by atoms with E-state index in [1.807, 2.05) is 18.2 Å². The second kappa shape index (κ2) is 5.78. The van der Waals surface area contributed by atoms with Crippen LogP contribution in [-0.4, -0.2) is 26.8 Å². The maximum atomic E-state index is 13.0. The second-order valence-electron chi connectivity index (χ2n) is 8.53. The standard InChI is InChI=1S/C22H24N4O/c27-22(14-8-9-14)26-16-10-11-18(26)19-17(12-16)24-20(13-6-7-13)25-21(19)23-15-4-2-1-3-5-15/h1-5,13-14,16,18H,6-12H2,(H,23,24,25)/t16-,18+/m0/s1. The highest BCUT2D eigenvalue weighted by molar-refractivity contribution is 5.83. The average Bonchev–Trinajstić information content (AvgIpc) is 3.58. The summed E-state index contributed by atoms with van der Waals surface area (Å²) in [6.07, 6.45) is 7.53. The Hall–Kier alpha value is -2.43. The highest BCUT2D eigenvalue weighted by Crippen LogP contribution is 2.49. The Balaban J connectivity index is 1.44. The highest BCUT2D eigenvalue weighted by atomic mass is 16.2. The van der Waals surface area contributed by atoms with Crippen molar-refractivity contribution >= 4 is 17.4 Å². The summed E-state index contributed by atoms with van der Waals surface area (Å²) < 4.78 is 0. The van der Waals surface area contributed by atoms with Crippen molar-refractivity contribution in [3.63, 3.8) is 0 Å². The summed E-state index contributed by atoms with van der Waals surface area (Å²) in [5, 5.41) is 3.55. The van der Waals surface area contributed by atoms with E-state index < -0.39 is 0 Å². The Labute approximate surface area is 159 Å². The molecule has 1 amide bonds. The van der Waals surface area contributed by atoms with Crippen LogP contribution < -0.4 is 5.32 Å². The molecule has 2 aromatic rings. The fourth-order valence-electron chi connectivity index (χ4n) is 4.78. The molecule has 2 saturated carbocycles. The summed E-state index contributed by atoms with van der Waals surface area (Å²) >= 11 is 0. The predicted octanol–water partition coefficient (Wildman–Crippen LogP) is 4.10. The number of carbonyl (C=O) groups excluding carboxylic acids is 1. The first kappa shape index (κ1) is 15.6. The van der Waals surface area contributed by atoms with Gasteiger partial charge in [-0.15, -0.1) is 0 Å². The molecule has 2 aliphatic heterocycles. The molecule has 138 valence electrons. The van der Waals surface area contributed by atoms with E-state index >= 15 is 0 Å². The topological polar surface area (TPSA) is 58.1 Å². The lowest BCUT2D eigenvalue weighted by atomic mass is 9.97. The molecule has 0 radical (unpaired) electrons. The summed E-state index contributed by atoms with van der Waals surface area (Å²) in [7, 11) is 0. The van der Waals surface area contributed by atoms with Crippen LogP contribution in [0.15, 0.2) is 30.3 Å². The van der Waals surface area contributed by atoms with Crippen molar-refractivity contribution in [3.8, 4) is 0 Å². The number of hydrogen-bond acceptors (Lipinski definition) is 4. The van der Waals surface area contributed by atoms with Crippen LogP contribution in [-0.2, 0) is 11.2 Å². The van der Waals surface area contributed by atoms with Gasteiger partial charge in [-0.25, -0.2) is 9.97 Å². The van der Waals surface area contributed by atoms with Gasteiger partial charge in [0.25, 0.3) is 0 Å². The minimum absolute atomic E-state index is 0.145. The molecule has 6 rings (SSSR count). The van der Waals surface area contributed by atoms with Crippen molar-refractivity contribution in [3.05, 3.63) is 47.4 Å². The smallest absolute Gasteiger partial charge is 0.226 e. The third-order valence-corrected chi connectivity index (χ3v) is 6.47.